The number of amides is 1. The number of hydrogen-bond donors (Lipinski definition) is 1. The fourth-order valence-corrected chi connectivity index (χ4v) is 2.87. The molecule has 2 aromatic carbocycles. The first-order valence-corrected chi connectivity index (χ1v) is 9.18. The number of ether oxygens (including phenoxy) is 1. The second kappa shape index (κ2) is 7.91. The van der Waals surface area contributed by atoms with Crippen LogP contribution < -0.4 is 5.32 Å². The van der Waals surface area contributed by atoms with Crippen molar-refractivity contribution < 1.29 is 32.1 Å². The van der Waals surface area contributed by atoms with Crippen LogP contribution in [0.3, 0.4) is 0 Å². The molecule has 0 aliphatic carbocycles. The number of benzene rings is 2. The van der Waals surface area contributed by atoms with Gasteiger partial charge in [-0.15, -0.1) is 0 Å². The van der Waals surface area contributed by atoms with E-state index >= 15 is 0 Å². The van der Waals surface area contributed by atoms with Gasteiger partial charge in [0.25, 0.3) is 11.6 Å². The van der Waals surface area contributed by atoms with Crippen LogP contribution >= 0.6 is 0 Å². The van der Waals surface area contributed by atoms with E-state index in [1.165, 1.54) is 12.1 Å². The predicted octanol–water partition coefficient (Wildman–Crippen LogP) is 1.93. The highest BCUT2D eigenvalue weighted by Crippen LogP contribution is 2.25. The molecule has 0 bridgehead atoms. The number of nitro groups is 1. The second-order valence-electron chi connectivity index (χ2n) is 5.34. The van der Waals surface area contributed by atoms with E-state index in [-0.39, 0.29) is 11.3 Å². The molecule has 0 saturated carbocycles. The number of hydrogen-bond acceptors (Lipinski definition) is 7. The Balaban J connectivity index is 2.07. The number of carbonyl (C=O) groups excluding carboxylic acids is 2. The van der Waals surface area contributed by atoms with Crippen molar-refractivity contribution in [2.45, 2.75) is 4.90 Å². The third kappa shape index (κ3) is 5.31. The van der Waals surface area contributed by atoms with Gasteiger partial charge in [0.2, 0.25) is 0 Å². The summed E-state index contributed by atoms with van der Waals surface area (Å²) in [7, 11) is -3.87. The molecule has 0 radical (unpaired) electrons. The first kappa shape index (κ1) is 20.0. The van der Waals surface area contributed by atoms with Crippen molar-refractivity contribution in [1.29, 1.82) is 0 Å². The third-order valence-corrected chi connectivity index (χ3v) is 4.40. The van der Waals surface area contributed by atoms with E-state index in [0.29, 0.717) is 0 Å². The fraction of sp³-hybridized carbons (Fsp3) is 0.125. The number of sulfone groups is 1. The fourth-order valence-electron chi connectivity index (χ4n) is 2.05. The number of esters is 1. The van der Waals surface area contributed by atoms with Crippen LogP contribution in [0.25, 0.3) is 0 Å². The molecule has 1 amide bonds. The van der Waals surface area contributed by atoms with Crippen molar-refractivity contribution in [3.63, 3.8) is 0 Å². The highest BCUT2D eigenvalue weighted by atomic mass is 32.2. The number of nitro benzene ring substituents is 1. The zero-order chi connectivity index (χ0) is 20.2. The first-order valence-electron chi connectivity index (χ1n) is 7.29. The lowest BCUT2D eigenvalue weighted by Crippen LogP contribution is -2.21. The lowest BCUT2D eigenvalue weighted by Gasteiger charge is -2.07. The largest absolute Gasteiger partial charge is 0.452 e. The summed E-state index contributed by atoms with van der Waals surface area (Å²) >= 11 is 0. The molecule has 0 unspecified atom stereocenters. The Labute approximate surface area is 152 Å². The Bertz CT molecular complexity index is 1000. The van der Waals surface area contributed by atoms with Crippen molar-refractivity contribution in [2.75, 3.05) is 18.2 Å². The van der Waals surface area contributed by atoms with E-state index in [9.17, 15) is 32.5 Å². The Morgan fingerprint density at radius 1 is 1.19 bits per heavy atom. The SMILES string of the molecule is CS(=O)(=O)c1ccc(C(=O)OCC(=O)Nc2ccc(F)cc2)cc1[N+](=O)[O-]. The van der Waals surface area contributed by atoms with E-state index in [1.54, 1.807) is 0 Å². The van der Waals surface area contributed by atoms with Gasteiger partial charge in [-0.25, -0.2) is 17.6 Å². The van der Waals surface area contributed by atoms with Gasteiger partial charge < -0.3 is 10.1 Å². The van der Waals surface area contributed by atoms with E-state index in [2.05, 4.69) is 5.32 Å². The topological polar surface area (TPSA) is 133 Å². The van der Waals surface area contributed by atoms with Crippen molar-refractivity contribution in [1.82, 2.24) is 0 Å². The molecule has 0 aromatic heterocycles. The van der Waals surface area contributed by atoms with Crippen LogP contribution in [0.15, 0.2) is 47.4 Å². The molecule has 11 heteroatoms. The summed E-state index contributed by atoms with van der Waals surface area (Å²) in [5.41, 5.74) is -0.781. The first-order chi connectivity index (χ1) is 12.6. The van der Waals surface area contributed by atoms with E-state index in [1.807, 2.05) is 0 Å². The molecule has 0 aliphatic rings. The monoisotopic (exact) mass is 396 g/mol. The number of halogens is 1. The standard InChI is InChI=1S/C16H13FN2O7S/c1-27(24,25)14-7-2-10(8-13(14)19(22)23)16(21)26-9-15(20)18-12-5-3-11(17)4-6-12/h2-8H,9H2,1H3,(H,18,20). The average molecular weight is 396 g/mol. The van der Waals surface area contributed by atoms with Crippen LogP contribution in [0.2, 0.25) is 0 Å². The van der Waals surface area contributed by atoms with E-state index < -0.39 is 49.6 Å². The highest BCUT2D eigenvalue weighted by molar-refractivity contribution is 7.90. The van der Waals surface area contributed by atoms with Crippen LogP contribution in [0.5, 0.6) is 0 Å². The molecular weight excluding hydrogens is 383 g/mol. The number of nitrogens with zero attached hydrogens (tertiary/aromatic N) is 1. The van der Waals surface area contributed by atoms with Gasteiger partial charge in [-0.2, -0.15) is 0 Å². The van der Waals surface area contributed by atoms with Crippen molar-refractivity contribution in [2.24, 2.45) is 0 Å². The molecule has 27 heavy (non-hydrogen) atoms. The van der Waals surface area contributed by atoms with Crippen molar-refractivity contribution in [3.05, 3.63) is 64.0 Å². The molecule has 0 fully saturated rings. The third-order valence-electron chi connectivity index (χ3n) is 3.25. The molecule has 142 valence electrons. The summed E-state index contributed by atoms with van der Waals surface area (Å²) in [5, 5.41) is 13.4. The summed E-state index contributed by atoms with van der Waals surface area (Å²) in [6.45, 7) is -0.697. The minimum absolute atomic E-state index is 0.283. The molecule has 0 aliphatic heterocycles. The number of carbonyl (C=O) groups is 2. The molecule has 0 spiro atoms. The van der Waals surface area contributed by atoms with E-state index in [4.69, 9.17) is 4.74 Å². The van der Waals surface area contributed by atoms with Gasteiger partial charge >= 0.3 is 5.97 Å². The maximum atomic E-state index is 12.8. The summed E-state index contributed by atoms with van der Waals surface area (Å²) < 4.78 is 40.6. The van der Waals surface area contributed by atoms with Crippen LogP contribution in [-0.2, 0) is 19.4 Å². The molecule has 0 saturated heterocycles. The molecule has 1 N–H and O–H groups in total. The number of nitrogens with one attached hydrogen (secondary N) is 1. The summed E-state index contributed by atoms with van der Waals surface area (Å²) in [6.07, 6.45) is 0.799. The van der Waals surface area contributed by atoms with Crippen molar-refractivity contribution >= 4 is 33.1 Å². The molecule has 2 aromatic rings. The predicted molar refractivity (Wildman–Crippen MR) is 91.5 cm³/mol. The highest BCUT2D eigenvalue weighted by Gasteiger charge is 2.24. The van der Waals surface area contributed by atoms with Gasteiger partial charge in [-0.3, -0.25) is 14.9 Å². The van der Waals surface area contributed by atoms with Gasteiger partial charge in [0, 0.05) is 18.0 Å². The lowest BCUT2D eigenvalue weighted by molar-refractivity contribution is -0.387. The summed E-state index contributed by atoms with van der Waals surface area (Å²) in [4.78, 5) is 33.2. The zero-order valence-electron chi connectivity index (χ0n) is 13.8. The lowest BCUT2D eigenvalue weighted by atomic mass is 10.2. The summed E-state index contributed by atoms with van der Waals surface area (Å²) in [6, 6.07) is 7.60. The normalized spacial score (nSPS) is 10.9. The van der Waals surface area contributed by atoms with Crippen LogP contribution in [-0.4, -0.2) is 38.1 Å². The van der Waals surface area contributed by atoms with Crippen LogP contribution in [0.4, 0.5) is 15.8 Å². The Hall–Kier alpha value is -3.34. The van der Waals surface area contributed by atoms with Crippen LogP contribution in [0.1, 0.15) is 10.4 Å². The Kier molecular flexibility index (Phi) is 5.85. The zero-order valence-corrected chi connectivity index (χ0v) is 14.7. The molecular formula is C16H13FN2O7S. The van der Waals surface area contributed by atoms with Crippen molar-refractivity contribution in [3.8, 4) is 0 Å². The molecule has 2 rings (SSSR count). The van der Waals surface area contributed by atoms with Gasteiger partial charge in [-0.05, 0) is 36.4 Å². The quantitative estimate of drug-likeness (QED) is 0.448. The Morgan fingerprint density at radius 2 is 1.81 bits per heavy atom. The second-order valence-corrected chi connectivity index (χ2v) is 7.33. The smallest absolute Gasteiger partial charge is 0.338 e. The number of anilines is 1. The van der Waals surface area contributed by atoms with Gasteiger partial charge in [0.15, 0.2) is 16.4 Å². The van der Waals surface area contributed by atoms with Gasteiger partial charge in [0.05, 0.1) is 10.5 Å². The van der Waals surface area contributed by atoms with Crippen LogP contribution in [0, 0.1) is 15.9 Å². The Morgan fingerprint density at radius 3 is 2.37 bits per heavy atom. The maximum absolute atomic E-state index is 12.8. The van der Waals surface area contributed by atoms with E-state index in [0.717, 1.165) is 36.6 Å². The van der Waals surface area contributed by atoms with Gasteiger partial charge in [-0.1, -0.05) is 0 Å². The molecule has 0 heterocycles. The summed E-state index contributed by atoms with van der Waals surface area (Å²) in [5.74, 6) is -2.25. The molecule has 0 atom stereocenters. The minimum Gasteiger partial charge on any atom is -0.452 e. The van der Waals surface area contributed by atoms with Gasteiger partial charge in [0.1, 0.15) is 10.7 Å². The molecule has 9 nitrogen and oxygen atoms in total. The number of rotatable bonds is 6. The average Bonchev–Trinajstić information content (AvgIpc) is 2.60. The maximum Gasteiger partial charge on any atom is 0.338 e. The minimum atomic E-state index is -3.87.